The molecule has 5 heteroatoms. The number of nitriles is 1. The fourth-order valence-corrected chi connectivity index (χ4v) is 2.33. The molecule has 2 aromatic rings. The van der Waals surface area contributed by atoms with E-state index in [1.54, 1.807) is 36.4 Å². The molecule has 120 valence electrons. The van der Waals surface area contributed by atoms with Gasteiger partial charge in [-0.2, -0.15) is 5.26 Å². The number of hydrogen-bond acceptors (Lipinski definition) is 3. The smallest absolute Gasteiger partial charge is 0.255 e. The molecule has 2 N–H and O–H groups in total. The van der Waals surface area contributed by atoms with Crippen LogP contribution in [-0.4, -0.2) is 17.9 Å². The largest absolute Gasteiger partial charge is 0.353 e. The Kier molecular flexibility index (Phi) is 4.57. The lowest BCUT2D eigenvalue weighted by molar-refractivity contribution is -0.120. The second-order valence-corrected chi connectivity index (χ2v) is 5.86. The average molecular weight is 319 g/mol. The van der Waals surface area contributed by atoms with E-state index < -0.39 is 0 Å². The summed E-state index contributed by atoms with van der Waals surface area (Å²) in [5.41, 5.74) is 2.42. The minimum Gasteiger partial charge on any atom is -0.353 e. The minimum atomic E-state index is -0.272. The third kappa shape index (κ3) is 4.20. The van der Waals surface area contributed by atoms with Crippen LogP contribution in [0.15, 0.2) is 48.5 Å². The summed E-state index contributed by atoms with van der Waals surface area (Å²) < 4.78 is 0. The standard InChI is InChI=1S/C19H17N3O2/c20-12-14-2-1-3-15(10-14)19(24)22-17-6-4-13(5-7-17)11-18(23)21-16-8-9-16/h1-7,10,16H,8-9,11H2,(H,21,23)(H,22,24). The molecular formula is C19H17N3O2. The van der Waals surface area contributed by atoms with Crippen molar-refractivity contribution in [1.29, 1.82) is 5.26 Å². The third-order valence-corrected chi connectivity index (χ3v) is 3.77. The first kappa shape index (κ1) is 15.8. The Morgan fingerprint density at radius 2 is 1.88 bits per heavy atom. The number of nitrogens with one attached hydrogen (secondary N) is 2. The van der Waals surface area contributed by atoms with Gasteiger partial charge in [0.15, 0.2) is 0 Å². The van der Waals surface area contributed by atoms with E-state index in [-0.39, 0.29) is 11.8 Å². The maximum absolute atomic E-state index is 12.2. The molecule has 0 unspecified atom stereocenters. The van der Waals surface area contributed by atoms with Crippen molar-refractivity contribution < 1.29 is 9.59 Å². The molecule has 1 aliphatic carbocycles. The van der Waals surface area contributed by atoms with Crippen molar-refractivity contribution in [3.8, 4) is 6.07 Å². The second kappa shape index (κ2) is 6.97. The van der Waals surface area contributed by atoms with Gasteiger partial charge in [-0.25, -0.2) is 0 Å². The number of nitrogens with zero attached hydrogens (tertiary/aromatic N) is 1. The van der Waals surface area contributed by atoms with Gasteiger partial charge in [0.2, 0.25) is 5.91 Å². The van der Waals surface area contributed by atoms with Crippen LogP contribution in [0, 0.1) is 11.3 Å². The fourth-order valence-electron chi connectivity index (χ4n) is 2.33. The number of rotatable bonds is 5. The second-order valence-electron chi connectivity index (χ2n) is 5.86. The molecule has 1 saturated carbocycles. The van der Waals surface area contributed by atoms with E-state index in [1.165, 1.54) is 0 Å². The van der Waals surface area contributed by atoms with Gasteiger partial charge in [-0.05, 0) is 48.7 Å². The summed E-state index contributed by atoms with van der Waals surface area (Å²) in [4.78, 5) is 24.0. The van der Waals surface area contributed by atoms with Gasteiger partial charge in [-0.15, -0.1) is 0 Å². The van der Waals surface area contributed by atoms with Crippen molar-refractivity contribution in [2.45, 2.75) is 25.3 Å². The Bertz CT molecular complexity index is 802. The summed E-state index contributed by atoms with van der Waals surface area (Å²) in [5.74, 6) is -0.242. The number of carbonyl (C=O) groups excluding carboxylic acids is 2. The van der Waals surface area contributed by atoms with Crippen LogP contribution in [-0.2, 0) is 11.2 Å². The molecule has 2 amide bonds. The van der Waals surface area contributed by atoms with Crippen LogP contribution in [0.2, 0.25) is 0 Å². The first-order valence-electron chi connectivity index (χ1n) is 7.84. The van der Waals surface area contributed by atoms with Gasteiger partial charge in [0.05, 0.1) is 18.1 Å². The van der Waals surface area contributed by atoms with Crippen molar-refractivity contribution in [2.24, 2.45) is 0 Å². The molecule has 0 bridgehead atoms. The molecule has 0 aromatic heterocycles. The molecule has 24 heavy (non-hydrogen) atoms. The van der Waals surface area contributed by atoms with Crippen LogP contribution < -0.4 is 10.6 Å². The zero-order valence-corrected chi connectivity index (χ0v) is 13.1. The Balaban J connectivity index is 1.59. The number of benzene rings is 2. The van der Waals surface area contributed by atoms with Crippen LogP contribution >= 0.6 is 0 Å². The highest BCUT2D eigenvalue weighted by Gasteiger charge is 2.23. The average Bonchev–Trinajstić information content (AvgIpc) is 3.40. The van der Waals surface area contributed by atoms with Crippen molar-refractivity contribution in [2.75, 3.05) is 5.32 Å². The Morgan fingerprint density at radius 1 is 1.12 bits per heavy atom. The Morgan fingerprint density at radius 3 is 2.54 bits per heavy atom. The molecule has 0 heterocycles. The van der Waals surface area contributed by atoms with Crippen LogP contribution in [0.4, 0.5) is 5.69 Å². The summed E-state index contributed by atoms with van der Waals surface area (Å²) in [6, 6.07) is 16.1. The zero-order valence-electron chi connectivity index (χ0n) is 13.1. The highest BCUT2D eigenvalue weighted by atomic mass is 16.2. The molecule has 0 saturated heterocycles. The van der Waals surface area contributed by atoms with Crippen molar-refractivity contribution >= 4 is 17.5 Å². The summed E-state index contributed by atoms with van der Waals surface area (Å²) in [6.45, 7) is 0. The number of amides is 2. The first-order valence-corrected chi connectivity index (χ1v) is 7.84. The molecular weight excluding hydrogens is 302 g/mol. The quantitative estimate of drug-likeness (QED) is 0.889. The molecule has 0 radical (unpaired) electrons. The topological polar surface area (TPSA) is 82.0 Å². The van der Waals surface area contributed by atoms with Gasteiger partial charge in [0.25, 0.3) is 5.91 Å². The van der Waals surface area contributed by atoms with Gasteiger partial charge in [-0.3, -0.25) is 9.59 Å². The predicted octanol–water partition coefficient (Wildman–Crippen LogP) is 2.63. The third-order valence-electron chi connectivity index (χ3n) is 3.77. The fraction of sp³-hybridized carbons (Fsp3) is 0.211. The predicted molar refractivity (Wildman–Crippen MR) is 90.4 cm³/mol. The molecule has 0 spiro atoms. The van der Waals surface area contributed by atoms with Crippen LogP contribution in [0.5, 0.6) is 0 Å². The molecule has 0 aliphatic heterocycles. The SMILES string of the molecule is N#Cc1cccc(C(=O)Nc2ccc(CC(=O)NC3CC3)cc2)c1. The van der Waals surface area contributed by atoms with Gasteiger partial charge < -0.3 is 10.6 Å². The lowest BCUT2D eigenvalue weighted by Crippen LogP contribution is -2.26. The molecule has 2 aromatic carbocycles. The summed E-state index contributed by atoms with van der Waals surface area (Å²) in [5, 5.41) is 14.6. The van der Waals surface area contributed by atoms with E-state index in [0.29, 0.717) is 29.3 Å². The Labute approximate surface area is 140 Å². The highest BCUT2D eigenvalue weighted by Crippen LogP contribution is 2.19. The van der Waals surface area contributed by atoms with Crippen molar-refractivity contribution in [3.63, 3.8) is 0 Å². The summed E-state index contributed by atoms with van der Waals surface area (Å²) >= 11 is 0. The molecule has 3 rings (SSSR count). The number of anilines is 1. The molecule has 1 aliphatic rings. The van der Waals surface area contributed by atoms with E-state index in [1.807, 2.05) is 18.2 Å². The van der Waals surface area contributed by atoms with E-state index in [9.17, 15) is 9.59 Å². The van der Waals surface area contributed by atoms with Gasteiger partial charge in [0.1, 0.15) is 0 Å². The van der Waals surface area contributed by atoms with Crippen molar-refractivity contribution in [1.82, 2.24) is 5.32 Å². The van der Waals surface area contributed by atoms with Crippen LogP contribution in [0.25, 0.3) is 0 Å². The lowest BCUT2D eigenvalue weighted by Gasteiger charge is -2.07. The zero-order chi connectivity index (χ0) is 16.9. The minimum absolute atomic E-state index is 0.0302. The highest BCUT2D eigenvalue weighted by molar-refractivity contribution is 6.04. The molecule has 5 nitrogen and oxygen atoms in total. The molecule has 0 atom stereocenters. The maximum Gasteiger partial charge on any atom is 0.255 e. The normalized spacial score (nSPS) is 13.0. The van der Waals surface area contributed by atoms with Gasteiger partial charge in [-0.1, -0.05) is 18.2 Å². The van der Waals surface area contributed by atoms with Crippen molar-refractivity contribution in [3.05, 3.63) is 65.2 Å². The first-order chi connectivity index (χ1) is 11.6. The lowest BCUT2D eigenvalue weighted by atomic mass is 10.1. The van der Waals surface area contributed by atoms with E-state index in [2.05, 4.69) is 10.6 Å². The number of hydrogen-bond donors (Lipinski definition) is 2. The van der Waals surface area contributed by atoms with E-state index >= 15 is 0 Å². The van der Waals surface area contributed by atoms with Crippen LogP contribution in [0.3, 0.4) is 0 Å². The summed E-state index contributed by atoms with van der Waals surface area (Å²) in [7, 11) is 0. The summed E-state index contributed by atoms with van der Waals surface area (Å²) in [6.07, 6.45) is 2.49. The number of carbonyl (C=O) groups is 2. The Hall–Kier alpha value is -3.13. The monoisotopic (exact) mass is 319 g/mol. The van der Waals surface area contributed by atoms with Gasteiger partial charge in [0, 0.05) is 17.3 Å². The van der Waals surface area contributed by atoms with Crippen LogP contribution in [0.1, 0.15) is 34.3 Å². The van der Waals surface area contributed by atoms with Gasteiger partial charge >= 0.3 is 0 Å². The maximum atomic E-state index is 12.2. The van der Waals surface area contributed by atoms with E-state index in [0.717, 1.165) is 18.4 Å². The molecule has 1 fully saturated rings. The van der Waals surface area contributed by atoms with E-state index in [4.69, 9.17) is 5.26 Å².